The minimum absolute atomic E-state index is 0.000142. The van der Waals surface area contributed by atoms with Crippen molar-refractivity contribution in [3.05, 3.63) is 46.5 Å². The normalized spacial score (nSPS) is 17.5. The first-order valence-electron chi connectivity index (χ1n) is 7.50. The lowest BCUT2D eigenvalue weighted by Crippen LogP contribution is -2.39. The fourth-order valence-corrected chi connectivity index (χ4v) is 3.36. The first-order valence-corrected chi connectivity index (χ1v) is 8.25. The van der Waals surface area contributed by atoms with Gasteiger partial charge in [0.2, 0.25) is 5.91 Å². The molecule has 7 heteroatoms. The third-order valence-corrected chi connectivity index (χ3v) is 4.58. The molecule has 23 heavy (non-hydrogen) atoms. The number of hydrogen-bond acceptors (Lipinski definition) is 3. The largest absolute Gasteiger partial charge is 0.368 e. The predicted molar refractivity (Wildman–Crippen MR) is 92.2 cm³/mol. The molecular formula is C16H18Cl2N4O. The number of aryl methyl sites for hydroxylation is 1. The molecule has 1 fully saturated rings. The molecule has 1 amide bonds. The van der Waals surface area contributed by atoms with Crippen molar-refractivity contribution in [2.24, 2.45) is 0 Å². The first kappa shape index (κ1) is 16.1. The van der Waals surface area contributed by atoms with Crippen molar-refractivity contribution in [2.75, 3.05) is 18.0 Å². The molecule has 1 saturated heterocycles. The molecule has 1 aromatic carbocycles. The molecule has 5 nitrogen and oxygen atoms in total. The number of carbonyl (C=O) groups excluding carboxylic acids is 1. The quantitative estimate of drug-likeness (QED) is 0.920. The van der Waals surface area contributed by atoms with Gasteiger partial charge in [-0.25, -0.2) is 4.98 Å². The molecule has 1 aromatic heterocycles. The highest BCUT2D eigenvalue weighted by Gasteiger charge is 2.25. The number of rotatable bonds is 4. The summed E-state index contributed by atoms with van der Waals surface area (Å²) >= 11 is 12.2. The Labute approximate surface area is 145 Å². The molecule has 0 radical (unpaired) electrons. The van der Waals surface area contributed by atoms with E-state index >= 15 is 0 Å². The lowest BCUT2D eigenvalue weighted by atomic mass is 10.2. The summed E-state index contributed by atoms with van der Waals surface area (Å²) in [7, 11) is 0. The molecule has 1 aliphatic heterocycles. The number of carbonyl (C=O) groups is 1. The Hall–Kier alpha value is -1.72. The second-order valence-electron chi connectivity index (χ2n) is 5.70. The van der Waals surface area contributed by atoms with Gasteiger partial charge < -0.3 is 14.8 Å². The Kier molecular flexibility index (Phi) is 4.78. The van der Waals surface area contributed by atoms with E-state index in [1.54, 1.807) is 12.3 Å². The Morgan fingerprint density at radius 1 is 1.43 bits per heavy atom. The summed E-state index contributed by atoms with van der Waals surface area (Å²) in [5.41, 5.74) is 0.957. The number of halogens is 2. The highest BCUT2D eigenvalue weighted by Crippen LogP contribution is 2.31. The summed E-state index contributed by atoms with van der Waals surface area (Å²) in [6, 6.07) is 5.62. The van der Waals surface area contributed by atoms with Crippen molar-refractivity contribution in [2.45, 2.75) is 25.9 Å². The lowest BCUT2D eigenvalue weighted by molar-refractivity contribution is -0.122. The molecule has 0 saturated carbocycles. The number of hydrogen-bond donors (Lipinski definition) is 1. The van der Waals surface area contributed by atoms with Crippen LogP contribution in [0.3, 0.4) is 0 Å². The molecule has 0 aliphatic carbocycles. The van der Waals surface area contributed by atoms with Crippen LogP contribution in [0.2, 0.25) is 10.0 Å². The van der Waals surface area contributed by atoms with Crippen LogP contribution in [0.1, 0.15) is 12.2 Å². The summed E-state index contributed by atoms with van der Waals surface area (Å²) < 4.78 is 1.83. The summed E-state index contributed by atoms with van der Waals surface area (Å²) in [5, 5.41) is 4.34. The fourth-order valence-electron chi connectivity index (χ4n) is 2.83. The van der Waals surface area contributed by atoms with Crippen LogP contribution in [0, 0.1) is 6.92 Å². The van der Waals surface area contributed by atoms with Gasteiger partial charge in [0.15, 0.2) is 0 Å². The summed E-state index contributed by atoms with van der Waals surface area (Å²) in [6.45, 7) is 3.78. The zero-order chi connectivity index (χ0) is 16.4. The molecule has 122 valence electrons. The molecule has 1 N–H and O–H groups in total. The van der Waals surface area contributed by atoms with Crippen LogP contribution in [-0.4, -0.2) is 34.6 Å². The molecule has 0 spiro atoms. The third kappa shape index (κ3) is 3.79. The summed E-state index contributed by atoms with van der Waals surface area (Å²) in [6.07, 6.45) is 4.40. The predicted octanol–water partition coefficient (Wildman–Crippen LogP) is 2.89. The van der Waals surface area contributed by atoms with E-state index < -0.39 is 0 Å². The summed E-state index contributed by atoms with van der Waals surface area (Å²) in [5.74, 6) is 0.835. The van der Waals surface area contributed by atoms with Crippen molar-refractivity contribution in [1.29, 1.82) is 0 Å². The first-order chi connectivity index (χ1) is 11.0. The third-order valence-electron chi connectivity index (χ3n) is 4.04. The van der Waals surface area contributed by atoms with Crippen molar-refractivity contribution in [1.82, 2.24) is 14.9 Å². The minimum Gasteiger partial charge on any atom is -0.368 e. The zero-order valence-electron chi connectivity index (χ0n) is 12.8. The molecule has 2 heterocycles. The topological polar surface area (TPSA) is 50.2 Å². The fraction of sp³-hybridized carbons (Fsp3) is 0.375. The number of amides is 1. The van der Waals surface area contributed by atoms with E-state index in [-0.39, 0.29) is 11.9 Å². The van der Waals surface area contributed by atoms with Gasteiger partial charge >= 0.3 is 0 Å². The van der Waals surface area contributed by atoms with Gasteiger partial charge in [-0.3, -0.25) is 4.79 Å². The van der Waals surface area contributed by atoms with E-state index in [1.807, 2.05) is 29.8 Å². The molecule has 1 atom stereocenters. The van der Waals surface area contributed by atoms with Crippen molar-refractivity contribution in [3.63, 3.8) is 0 Å². The average Bonchev–Trinajstić information content (AvgIpc) is 3.09. The average molecular weight is 353 g/mol. The molecular weight excluding hydrogens is 335 g/mol. The van der Waals surface area contributed by atoms with Crippen LogP contribution in [0.25, 0.3) is 0 Å². The highest BCUT2D eigenvalue weighted by molar-refractivity contribution is 6.36. The van der Waals surface area contributed by atoms with Gasteiger partial charge in [-0.15, -0.1) is 0 Å². The van der Waals surface area contributed by atoms with Crippen molar-refractivity contribution in [3.8, 4) is 0 Å². The Morgan fingerprint density at radius 2 is 2.26 bits per heavy atom. The van der Waals surface area contributed by atoms with Crippen LogP contribution in [0.15, 0.2) is 30.6 Å². The van der Waals surface area contributed by atoms with E-state index in [4.69, 9.17) is 23.2 Å². The maximum Gasteiger partial charge on any atom is 0.240 e. The van der Waals surface area contributed by atoms with Crippen LogP contribution in [0.4, 0.5) is 5.69 Å². The number of nitrogens with one attached hydrogen (secondary N) is 1. The van der Waals surface area contributed by atoms with Gasteiger partial charge in [0.1, 0.15) is 12.4 Å². The van der Waals surface area contributed by atoms with Crippen molar-refractivity contribution >= 4 is 34.8 Å². The van der Waals surface area contributed by atoms with Gasteiger partial charge in [0, 0.05) is 36.5 Å². The minimum atomic E-state index is 0.000142. The monoisotopic (exact) mass is 352 g/mol. The summed E-state index contributed by atoms with van der Waals surface area (Å²) in [4.78, 5) is 18.4. The Balaban J connectivity index is 1.57. The SMILES string of the molecule is Cc1nccn1CC(=O)NC1CCN(c2ccc(Cl)cc2Cl)C1. The van der Waals surface area contributed by atoms with Crippen LogP contribution in [0.5, 0.6) is 0 Å². The zero-order valence-corrected chi connectivity index (χ0v) is 14.3. The number of anilines is 1. The van der Waals surface area contributed by atoms with Crippen LogP contribution < -0.4 is 10.2 Å². The molecule has 1 aliphatic rings. The molecule has 1 unspecified atom stereocenters. The van der Waals surface area contributed by atoms with Gasteiger partial charge in [-0.1, -0.05) is 23.2 Å². The van der Waals surface area contributed by atoms with E-state index in [2.05, 4.69) is 15.2 Å². The Morgan fingerprint density at radius 3 is 2.96 bits per heavy atom. The van der Waals surface area contributed by atoms with Gasteiger partial charge in [0.05, 0.1) is 10.7 Å². The maximum absolute atomic E-state index is 12.2. The second kappa shape index (κ2) is 6.81. The van der Waals surface area contributed by atoms with E-state index in [1.165, 1.54) is 0 Å². The van der Waals surface area contributed by atoms with Gasteiger partial charge in [-0.05, 0) is 31.5 Å². The van der Waals surface area contributed by atoms with Crippen LogP contribution >= 0.6 is 23.2 Å². The number of aromatic nitrogens is 2. The second-order valence-corrected chi connectivity index (χ2v) is 6.54. The number of nitrogens with zero attached hydrogens (tertiary/aromatic N) is 3. The maximum atomic E-state index is 12.2. The van der Waals surface area contributed by atoms with E-state index in [0.717, 1.165) is 31.0 Å². The number of benzene rings is 1. The van der Waals surface area contributed by atoms with Crippen molar-refractivity contribution < 1.29 is 4.79 Å². The standard InChI is InChI=1S/C16H18Cl2N4O/c1-11-19-5-7-21(11)10-16(23)20-13-4-6-22(9-13)15-3-2-12(17)8-14(15)18/h2-3,5,7-8,13H,4,6,9-10H2,1H3,(H,20,23). The van der Waals surface area contributed by atoms with Gasteiger partial charge in [0.25, 0.3) is 0 Å². The number of imidazole rings is 1. The smallest absolute Gasteiger partial charge is 0.240 e. The lowest BCUT2D eigenvalue weighted by Gasteiger charge is -2.20. The van der Waals surface area contributed by atoms with E-state index in [9.17, 15) is 4.79 Å². The molecule has 3 rings (SSSR count). The van der Waals surface area contributed by atoms with E-state index in [0.29, 0.717) is 16.6 Å². The molecule has 0 bridgehead atoms. The van der Waals surface area contributed by atoms with Gasteiger partial charge in [-0.2, -0.15) is 0 Å². The highest BCUT2D eigenvalue weighted by atomic mass is 35.5. The Bertz CT molecular complexity index is 716. The molecule has 2 aromatic rings. The van der Waals surface area contributed by atoms with Crippen LogP contribution in [-0.2, 0) is 11.3 Å².